The number of carboxylic acid groups (broad SMARTS) is 1. The first-order valence-corrected chi connectivity index (χ1v) is 4.02. The molecule has 0 unspecified atom stereocenters. The average molecular weight is 184 g/mol. The van der Waals surface area contributed by atoms with Gasteiger partial charge in [-0.2, -0.15) is 0 Å². The molecule has 2 N–H and O–H groups in total. The van der Waals surface area contributed by atoms with Crippen molar-refractivity contribution in [1.82, 2.24) is 10.5 Å². The van der Waals surface area contributed by atoms with E-state index < -0.39 is 5.97 Å². The molecule has 0 aliphatic carbocycles. The lowest BCUT2D eigenvalue weighted by Crippen LogP contribution is -2.21. The van der Waals surface area contributed by atoms with Crippen molar-refractivity contribution >= 4 is 5.97 Å². The predicted octanol–water partition coefficient (Wildman–Crippen LogP) is 0.871. The fraction of sp³-hybridized carbons (Fsp3) is 0.500. The molecule has 1 heterocycles. The van der Waals surface area contributed by atoms with Crippen molar-refractivity contribution < 1.29 is 14.4 Å². The third-order valence-corrected chi connectivity index (χ3v) is 1.46. The third-order valence-electron chi connectivity index (χ3n) is 1.46. The highest BCUT2D eigenvalue weighted by Crippen LogP contribution is 2.03. The molecular formula is C8H12N2O3. The van der Waals surface area contributed by atoms with Gasteiger partial charge in [-0.05, 0) is 0 Å². The number of aromatic nitrogens is 1. The number of hydrogen-bond acceptors (Lipinski definition) is 4. The first-order valence-electron chi connectivity index (χ1n) is 4.02. The summed E-state index contributed by atoms with van der Waals surface area (Å²) in [7, 11) is 0. The fourth-order valence-electron chi connectivity index (χ4n) is 0.805. The van der Waals surface area contributed by atoms with Crippen molar-refractivity contribution in [2.75, 3.05) is 0 Å². The van der Waals surface area contributed by atoms with Gasteiger partial charge in [0.05, 0.1) is 5.69 Å². The van der Waals surface area contributed by atoms with Gasteiger partial charge in [0.15, 0.2) is 0 Å². The van der Waals surface area contributed by atoms with Gasteiger partial charge in [0.25, 0.3) is 0 Å². The summed E-state index contributed by atoms with van der Waals surface area (Å²) in [5, 5.41) is 15.2. The van der Waals surface area contributed by atoms with Gasteiger partial charge in [0, 0.05) is 18.7 Å². The Balaban J connectivity index is 2.54. The summed E-state index contributed by atoms with van der Waals surface area (Å²) in [6, 6.07) is 1.75. The minimum absolute atomic E-state index is 0.124. The highest BCUT2D eigenvalue weighted by molar-refractivity contribution is 5.84. The van der Waals surface area contributed by atoms with E-state index in [0.29, 0.717) is 18.3 Å². The number of hydrogen-bond donors (Lipinski definition) is 2. The summed E-state index contributed by atoms with van der Waals surface area (Å²) in [5.74, 6) is -1.22. The number of nitrogens with zero attached hydrogens (tertiary/aromatic N) is 1. The van der Waals surface area contributed by atoms with Crippen LogP contribution in [0.1, 0.15) is 30.1 Å². The molecule has 0 radical (unpaired) electrons. The molecule has 0 atom stereocenters. The fourth-order valence-corrected chi connectivity index (χ4v) is 0.805. The molecule has 0 bridgehead atoms. The molecular weight excluding hydrogens is 172 g/mol. The van der Waals surface area contributed by atoms with Crippen LogP contribution in [0, 0.1) is 0 Å². The van der Waals surface area contributed by atoms with Crippen LogP contribution < -0.4 is 5.32 Å². The molecule has 5 heteroatoms. The molecule has 0 aliphatic heterocycles. The number of aromatic carboxylic acids is 1. The summed E-state index contributed by atoms with van der Waals surface area (Å²) in [5.41, 5.74) is 0.603. The van der Waals surface area contributed by atoms with Gasteiger partial charge < -0.3 is 14.9 Å². The topological polar surface area (TPSA) is 75.4 Å². The number of rotatable bonds is 4. The van der Waals surface area contributed by atoms with E-state index >= 15 is 0 Å². The lowest BCUT2D eigenvalue weighted by atomic mass is 10.3. The van der Waals surface area contributed by atoms with Crippen molar-refractivity contribution in [3.05, 3.63) is 17.5 Å². The van der Waals surface area contributed by atoms with Crippen LogP contribution in [0.15, 0.2) is 10.6 Å². The molecule has 0 spiro atoms. The minimum atomic E-state index is -1.09. The van der Waals surface area contributed by atoms with Crippen LogP contribution in [0.4, 0.5) is 0 Å². The molecule has 1 aromatic rings. The lowest BCUT2D eigenvalue weighted by molar-refractivity contribution is 0.0652. The zero-order chi connectivity index (χ0) is 9.84. The largest absolute Gasteiger partial charge is 0.475 e. The van der Waals surface area contributed by atoms with E-state index in [0.717, 1.165) is 0 Å². The average Bonchev–Trinajstić information content (AvgIpc) is 2.48. The zero-order valence-corrected chi connectivity index (χ0v) is 7.57. The van der Waals surface area contributed by atoms with Crippen LogP contribution in [-0.2, 0) is 6.54 Å². The molecule has 0 saturated heterocycles. The van der Waals surface area contributed by atoms with Crippen LogP contribution in [0.3, 0.4) is 0 Å². The molecule has 13 heavy (non-hydrogen) atoms. The second kappa shape index (κ2) is 4.04. The van der Waals surface area contributed by atoms with Gasteiger partial charge >= 0.3 is 5.97 Å². The highest BCUT2D eigenvalue weighted by Gasteiger charge is 2.10. The molecule has 5 nitrogen and oxygen atoms in total. The van der Waals surface area contributed by atoms with Crippen LogP contribution in [0.2, 0.25) is 0 Å². The lowest BCUT2D eigenvalue weighted by Gasteiger charge is -2.03. The maximum Gasteiger partial charge on any atom is 0.374 e. The molecule has 1 aromatic heterocycles. The summed E-state index contributed by atoms with van der Waals surface area (Å²) in [4.78, 5) is 10.4. The third kappa shape index (κ3) is 2.87. The van der Waals surface area contributed by atoms with Gasteiger partial charge in [-0.3, -0.25) is 0 Å². The normalized spacial score (nSPS) is 10.7. The van der Waals surface area contributed by atoms with Crippen molar-refractivity contribution in [1.29, 1.82) is 0 Å². The Labute approximate surface area is 75.7 Å². The van der Waals surface area contributed by atoms with E-state index in [1.165, 1.54) is 6.07 Å². The van der Waals surface area contributed by atoms with E-state index in [1.807, 2.05) is 13.8 Å². The summed E-state index contributed by atoms with van der Waals surface area (Å²) in [6.45, 7) is 4.52. The van der Waals surface area contributed by atoms with Crippen molar-refractivity contribution in [2.24, 2.45) is 0 Å². The summed E-state index contributed by atoms with van der Waals surface area (Å²) in [6.07, 6.45) is 0. The number of carbonyl (C=O) groups is 1. The number of nitrogens with one attached hydrogen (secondary N) is 1. The van der Waals surface area contributed by atoms with Gasteiger partial charge in [-0.1, -0.05) is 19.0 Å². The Morgan fingerprint density at radius 1 is 1.77 bits per heavy atom. The first kappa shape index (κ1) is 9.73. The van der Waals surface area contributed by atoms with Crippen LogP contribution in [0.5, 0.6) is 0 Å². The molecule has 0 aliphatic rings. The first-order chi connectivity index (χ1) is 6.09. The van der Waals surface area contributed by atoms with E-state index in [1.54, 1.807) is 0 Å². The predicted molar refractivity (Wildman–Crippen MR) is 45.4 cm³/mol. The van der Waals surface area contributed by atoms with Gasteiger partial charge in [0.1, 0.15) is 0 Å². The van der Waals surface area contributed by atoms with E-state index in [-0.39, 0.29) is 5.76 Å². The smallest absolute Gasteiger partial charge is 0.374 e. The van der Waals surface area contributed by atoms with Gasteiger partial charge in [-0.25, -0.2) is 4.79 Å². The highest BCUT2D eigenvalue weighted by atomic mass is 16.5. The van der Waals surface area contributed by atoms with E-state index in [9.17, 15) is 4.79 Å². The molecule has 0 aromatic carbocycles. The van der Waals surface area contributed by atoms with Crippen molar-refractivity contribution in [3.8, 4) is 0 Å². The van der Waals surface area contributed by atoms with E-state index in [2.05, 4.69) is 15.0 Å². The second-order valence-corrected chi connectivity index (χ2v) is 3.02. The van der Waals surface area contributed by atoms with Gasteiger partial charge in [-0.15, -0.1) is 0 Å². The monoisotopic (exact) mass is 184 g/mol. The Bertz CT molecular complexity index is 293. The minimum Gasteiger partial charge on any atom is -0.475 e. The maximum atomic E-state index is 10.4. The summed E-state index contributed by atoms with van der Waals surface area (Å²) >= 11 is 0. The van der Waals surface area contributed by atoms with Crippen LogP contribution in [-0.4, -0.2) is 22.3 Å². The van der Waals surface area contributed by atoms with Gasteiger partial charge in [0.2, 0.25) is 5.76 Å². The Morgan fingerprint density at radius 2 is 2.46 bits per heavy atom. The SMILES string of the molecule is CC(C)NCc1cc(C(=O)O)on1. The molecule has 0 amide bonds. The van der Waals surface area contributed by atoms with E-state index in [4.69, 9.17) is 5.11 Å². The van der Waals surface area contributed by atoms with Crippen LogP contribution in [0.25, 0.3) is 0 Å². The number of carboxylic acids is 1. The Morgan fingerprint density at radius 3 is 2.92 bits per heavy atom. The second-order valence-electron chi connectivity index (χ2n) is 3.02. The summed E-state index contributed by atoms with van der Waals surface area (Å²) < 4.78 is 4.57. The zero-order valence-electron chi connectivity index (χ0n) is 7.57. The van der Waals surface area contributed by atoms with Crippen molar-refractivity contribution in [3.63, 3.8) is 0 Å². The quantitative estimate of drug-likeness (QED) is 0.726. The van der Waals surface area contributed by atoms with Crippen LogP contribution >= 0.6 is 0 Å². The molecule has 72 valence electrons. The molecule has 1 rings (SSSR count). The maximum absolute atomic E-state index is 10.4. The van der Waals surface area contributed by atoms with Crippen molar-refractivity contribution in [2.45, 2.75) is 26.4 Å². The Hall–Kier alpha value is -1.36. The standard InChI is InChI=1S/C8H12N2O3/c1-5(2)9-4-6-3-7(8(11)12)13-10-6/h3,5,9H,4H2,1-2H3,(H,11,12). The molecule has 0 fully saturated rings. The molecule has 0 saturated carbocycles. The Kier molecular flexibility index (Phi) is 3.02.